The summed E-state index contributed by atoms with van der Waals surface area (Å²) in [7, 11) is 0. The summed E-state index contributed by atoms with van der Waals surface area (Å²) in [6, 6.07) is 30.6. The summed E-state index contributed by atoms with van der Waals surface area (Å²) >= 11 is 3.51. The molecule has 0 saturated heterocycles. The Labute approximate surface area is 270 Å². The third kappa shape index (κ3) is 7.72. The third-order valence-corrected chi connectivity index (χ3v) is 8.12. The summed E-state index contributed by atoms with van der Waals surface area (Å²) in [6.45, 7) is 2.88. The zero-order chi connectivity index (χ0) is 31.6. The zero-order valence-electron chi connectivity index (χ0n) is 24.9. The van der Waals surface area contributed by atoms with Crippen molar-refractivity contribution in [2.45, 2.75) is 44.5 Å². The van der Waals surface area contributed by atoms with E-state index in [9.17, 15) is 4.79 Å². The Morgan fingerprint density at radius 3 is 2.58 bits per heavy atom. The molecule has 0 spiro atoms. The maximum absolute atomic E-state index is 14.6. The van der Waals surface area contributed by atoms with Crippen LogP contribution in [0.1, 0.15) is 45.9 Å². The standard InChI is InChI=1S/C35H34BrN5O4/c1-24-6-4-7-26(20-24)22-38-34(43)35(21-25-10-14-29(36)15-11-25)32(31-9-3-2-8-28(31)23-39-41-37)45-33(40-35)27-12-16-30(17-13-27)44-19-5-18-42/h2-4,6-17,20,32,42H,5,18-19,21-23H2,1H3,(H,38,43)/t32-,35-/m1/s1. The molecular formula is C35H34BrN5O4. The zero-order valence-corrected chi connectivity index (χ0v) is 26.5. The molecule has 0 radical (unpaired) electrons. The highest BCUT2D eigenvalue weighted by Crippen LogP contribution is 2.44. The van der Waals surface area contributed by atoms with Gasteiger partial charge in [0.15, 0.2) is 11.6 Å². The van der Waals surface area contributed by atoms with Gasteiger partial charge in [-0.25, -0.2) is 4.99 Å². The molecule has 2 atom stereocenters. The maximum Gasteiger partial charge on any atom is 0.252 e. The van der Waals surface area contributed by atoms with Gasteiger partial charge >= 0.3 is 0 Å². The van der Waals surface area contributed by atoms with Gasteiger partial charge in [-0.15, -0.1) is 0 Å². The van der Waals surface area contributed by atoms with Gasteiger partial charge in [-0.2, -0.15) is 0 Å². The first kappa shape index (κ1) is 31.8. The molecule has 2 N–H and O–H groups in total. The van der Waals surface area contributed by atoms with Gasteiger partial charge in [-0.05, 0) is 71.1 Å². The number of aliphatic hydroxyl groups excluding tert-OH is 1. The topological polar surface area (TPSA) is 129 Å². The lowest BCUT2D eigenvalue weighted by atomic mass is 9.80. The van der Waals surface area contributed by atoms with Crippen molar-refractivity contribution in [1.82, 2.24) is 5.32 Å². The first-order chi connectivity index (χ1) is 21.9. The molecule has 0 aromatic heterocycles. The predicted octanol–water partition coefficient (Wildman–Crippen LogP) is 7.15. The van der Waals surface area contributed by atoms with Crippen molar-refractivity contribution in [3.05, 3.63) is 145 Å². The molecule has 0 unspecified atom stereocenters. The normalized spacial score (nSPS) is 17.1. The van der Waals surface area contributed by atoms with Crippen LogP contribution in [0, 0.1) is 6.92 Å². The second-order valence-electron chi connectivity index (χ2n) is 10.9. The van der Waals surface area contributed by atoms with E-state index in [-0.39, 0.29) is 25.5 Å². The molecule has 1 heterocycles. The lowest BCUT2D eigenvalue weighted by Crippen LogP contribution is -2.49. The molecule has 1 aliphatic rings. The van der Waals surface area contributed by atoms with Crippen LogP contribution in [0.15, 0.2) is 112 Å². The lowest BCUT2D eigenvalue weighted by molar-refractivity contribution is -0.129. The molecule has 230 valence electrons. The molecule has 5 rings (SSSR count). The highest BCUT2D eigenvalue weighted by molar-refractivity contribution is 9.10. The molecule has 10 heteroatoms. The number of azide groups is 1. The van der Waals surface area contributed by atoms with E-state index >= 15 is 0 Å². The van der Waals surface area contributed by atoms with Gasteiger partial charge < -0.3 is 19.9 Å². The van der Waals surface area contributed by atoms with E-state index in [1.54, 1.807) is 0 Å². The van der Waals surface area contributed by atoms with Gasteiger partial charge in [0.1, 0.15) is 5.75 Å². The lowest BCUT2D eigenvalue weighted by Gasteiger charge is -2.32. The van der Waals surface area contributed by atoms with E-state index < -0.39 is 11.6 Å². The fourth-order valence-electron chi connectivity index (χ4n) is 5.37. The minimum absolute atomic E-state index is 0.0532. The van der Waals surface area contributed by atoms with Crippen molar-refractivity contribution >= 4 is 27.7 Å². The van der Waals surface area contributed by atoms with Crippen LogP contribution in [0.5, 0.6) is 5.75 Å². The fourth-order valence-corrected chi connectivity index (χ4v) is 5.64. The Balaban J connectivity index is 1.60. The van der Waals surface area contributed by atoms with E-state index in [2.05, 4.69) is 31.3 Å². The van der Waals surface area contributed by atoms with Gasteiger partial charge in [0.05, 0.1) is 13.2 Å². The number of carbonyl (C=O) groups excluding carboxylic acids is 1. The Morgan fingerprint density at radius 1 is 1.07 bits per heavy atom. The molecule has 1 aliphatic heterocycles. The van der Waals surface area contributed by atoms with Gasteiger partial charge in [0.2, 0.25) is 5.90 Å². The van der Waals surface area contributed by atoms with E-state index in [0.717, 1.165) is 32.3 Å². The molecule has 1 amide bonds. The largest absolute Gasteiger partial charge is 0.494 e. The molecule has 0 bridgehead atoms. The van der Waals surface area contributed by atoms with Gasteiger partial charge in [0, 0.05) is 40.9 Å². The summed E-state index contributed by atoms with van der Waals surface area (Å²) in [6.07, 6.45) is -0.0314. The van der Waals surface area contributed by atoms with Crippen LogP contribution in [0.25, 0.3) is 10.4 Å². The van der Waals surface area contributed by atoms with Crippen molar-refractivity contribution in [2.24, 2.45) is 10.1 Å². The minimum Gasteiger partial charge on any atom is -0.494 e. The van der Waals surface area contributed by atoms with Crippen molar-refractivity contribution in [3.63, 3.8) is 0 Å². The number of hydrogen-bond acceptors (Lipinski definition) is 6. The van der Waals surface area contributed by atoms with Gasteiger partial charge in [-0.1, -0.05) is 87.3 Å². The third-order valence-electron chi connectivity index (χ3n) is 7.59. The van der Waals surface area contributed by atoms with Crippen LogP contribution in [0.2, 0.25) is 0 Å². The number of benzene rings is 4. The molecule has 9 nitrogen and oxygen atoms in total. The first-order valence-corrected chi connectivity index (χ1v) is 15.5. The highest BCUT2D eigenvalue weighted by Gasteiger charge is 2.53. The highest BCUT2D eigenvalue weighted by atomic mass is 79.9. The van der Waals surface area contributed by atoms with Crippen LogP contribution in [-0.2, 0) is 29.0 Å². The summed E-state index contributed by atoms with van der Waals surface area (Å²) in [4.78, 5) is 22.6. The number of rotatable bonds is 13. The van der Waals surface area contributed by atoms with Crippen LogP contribution in [0.3, 0.4) is 0 Å². The Hall–Kier alpha value is -4.63. The second-order valence-corrected chi connectivity index (χ2v) is 11.8. The Kier molecular flexibility index (Phi) is 10.5. The second kappa shape index (κ2) is 14.9. The van der Waals surface area contributed by atoms with Crippen LogP contribution in [-0.4, -0.2) is 35.7 Å². The summed E-state index contributed by atoms with van der Waals surface area (Å²) in [5, 5.41) is 16.0. The number of aliphatic hydroxyl groups is 1. The average molecular weight is 669 g/mol. The smallest absolute Gasteiger partial charge is 0.252 e. The summed E-state index contributed by atoms with van der Waals surface area (Å²) in [5.41, 5.74) is 12.8. The van der Waals surface area contributed by atoms with Crippen molar-refractivity contribution < 1.29 is 19.4 Å². The van der Waals surface area contributed by atoms with Gasteiger partial charge in [-0.3, -0.25) is 4.79 Å². The predicted molar refractivity (Wildman–Crippen MR) is 177 cm³/mol. The quantitative estimate of drug-likeness (QED) is 0.0679. The molecule has 45 heavy (non-hydrogen) atoms. The van der Waals surface area contributed by atoms with Crippen molar-refractivity contribution in [2.75, 3.05) is 13.2 Å². The van der Waals surface area contributed by atoms with E-state index in [0.29, 0.717) is 36.8 Å². The molecule has 4 aromatic carbocycles. The number of halogens is 1. The number of hydrogen-bond donors (Lipinski definition) is 2. The monoisotopic (exact) mass is 667 g/mol. The number of ether oxygens (including phenoxy) is 2. The molecular weight excluding hydrogens is 634 g/mol. The first-order valence-electron chi connectivity index (χ1n) is 14.7. The number of carbonyl (C=O) groups is 1. The van der Waals surface area contributed by atoms with Crippen molar-refractivity contribution in [1.29, 1.82) is 0 Å². The number of aliphatic imine (C=N–C) groups is 1. The van der Waals surface area contributed by atoms with Crippen molar-refractivity contribution in [3.8, 4) is 5.75 Å². The SMILES string of the molecule is Cc1cccc(CNC(=O)[C@]2(Cc3ccc(Br)cc3)N=C(c3ccc(OCCCO)cc3)O[C@@H]2c2ccccc2CN=[N+]=[N-])c1. The Morgan fingerprint density at radius 2 is 1.84 bits per heavy atom. The summed E-state index contributed by atoms with van der Waals surface area (Å²) in [5.74, 6) is 0.692. The minimum atomic E-state index is -1.39. The average Bonchev–Trinajstić information content (AvgIpc) is 3.44. The molecule has 4 aromatic rings. The van der Waals surface area contributed by atoms with E-state index in [1.165, 1.54) is 0 Å². The molecule has 0 saturated carbocycles. The van der Waals surface area contributed by atoms with E-state index in [4.69, 9.17) is 25.1 Å². The Bertz CT molecular complexity index is 1700. The van der Waals surface area contributed by atoms with Crippen LogP contribution in [0.4, 0.5) is 0 Å². The van der Waals surface area contributed by atoms with Crippen LogP contribution < -0.4 is 10.1 Å². The number of nitrogens with zero attached hydrogens (tertiary/aromatic N) is 4. The number of nitrogens with one attached hydrogen (secondary N) is 1. The number of amides is 1. The molecule has 0 aliphatic carbocycles. The summed E-state index contributed by atoms with van der Waals surface area (Å²) < 4.78 is 13.3. The maximum atomic E-state index is 14.6. The fraction of sp³-hybridized carbons (Fsp3) is 0.257. The number of aryl methyl sites for hydroxylation is 1. The van der Waals surface area contributed by atoms with Gasteiger partial charge in [0.25, 0.3) is 5.91 Å². The van der Waals surface area contributed by atoms with E-state index in [1.807, 2.05) is 104 Å². The molecule has 0 fully saturated rings. The van der Waals surface area contributed by atoms with Crippen LogP contribution >= 0.6 is 15.9 Å².